The maximum absolute atomic E-state index is 5.11. The number of aromatic nitrogens is 2. The lowest BCUT2D eigenvalue weighted by atomic mass is 10.3. The molecule has 0 aliphatic heterocycles. The van der Waals surface area contributed by atoms with Crippen molar-refractivity contribution in [3.05, 3.63) is 54.1 Å². The van der Waals surface area contributed by atoms with Crippen LogP contribution in [-0.4, -0.2) is 23.3 Å². The molecule has 0 N–H and O–H groups in total. The van der Waals surface area contributed by atoms with Crippen molar-refractivity contribution in [2.24, 2.45) is 4.99 Å². The van der Waals surface area contributed by atoms with Crippen molar-refractivity contribution >= 4 is 6.21 Å². The number of hydrogen-bond acceptors (Lipinski definition) is 4. The predicted molar refractivity (Wildman–Crippen MR) is 66.3 cm³/mol. The van der Waals surface area contributed by atoms with E-state index in [4.69, 9.17) is 4.74 Å². The molecule has 2 heterocycles. The highest BCUT2D eigenvalue weighted by molar-refractivity contribution is 5.77. The summed E-state index contributed by atoms with van der Waals surface area (Å²) in [6.07, 6.45) is 5.17. The SMILES string of the molecule is COc1ccnc(C=NCc2ccccn2)c1. The molecular formula is C13H13N3O. The summed E-state index contributed by atoms with van der Waals surface area (Å²) >= 11 is 0. The van der Waals surface area contributed by atoms with Crippen LogP contribution in [0, 0.1) is 0 Å². The van der Waals surface area contributed by atoms with Crippen molar-refractivity contribution in [2.45, 2.75) is 6.54 Å². The molecule has 0 aliphatic carbocycles. The Morgan fingerprint density at radius 1 is 1.24 bits per heavy atom. The average Bonchev–Trinajstić information content (AvgIpc) is 2.40. The largest absolute Gasteiger partial charge is 0.497 e. The summed E-state index contributed by atoms with van der Waals surface area (Å²) < 4.78 is 5.11. The number of rotatable bonds is 4. The fraction of sp³-hybridized carbons (Fsp3) is 0.154. The van der Waals surface area contributed by atoms with Gasteiger partial charge in [0.25, 0.3) is 0 Å². The zero-order valence-corrected chi connectivity index (χ0v) is 9.58. The van der Waals surface area contributed by atoms with E-state index in [1.807, 2.05) is 24.3 Å². The zero-order chi connectivity index (χ0) is 11.9. The molecule has 0 bridgehead atoms. The third-order valence-corrected chi connectivity index (χ3v) is 2.19. The van der Waals surface area contributed by atoms with Gasteiger partial charge in [-0.05, 0) is 18.2 Å². The van der Waals surface area contributed by atoms with Crippen molar-refractivity contribution in [2.75, 3.05) is 7.11 Å². The first-order chi connectivity index (χ1) is 8.38. The van der Waals surface area contributed by atoms with Crippen molar-refractivity contribution in [3.8, 4) is 5.75 Å². The van der Waals surface area contributed by atoms with Crippen molar-refractivity contribution in [1.29, 1.82) is 0 Å². The second-order valence-corrected chi connectivity index (χ2v) is 3.41. The second kappa shape index (κ2) is 5.75. The van der Waals surface area contributed by atoms with Gasteiger partial charge in [-0.2, -0.15) is 0 Å². The summed E-state index contributed by atoms with van der Waals surface area (Å²) in [5.41, 5.74) is 1.71. The fourth-order valence-corrected chi connectivity index (χ4v) is 1.35. The molecule has 86 valence electrons. The quantitative estimate of drug-likeness (QED) is 0.751. The minimum absolute atomic E-state index is 0.555. The summed E-state index contributed by atoms with van der Waals surface area (Å²) in [4.78, 5) is 12.6. The van der Waals surface area contributed by atoms with Gasteiger partial charge < -0.3 is 4.74 Å². The summed E-state index contributed by atoms with van der Waals surface area (Å²) in [7, 11) is 1.63. The molecule has 4 nitrogen and oxygen atoms in total. The molecule has 0 fully saturated rings. The highest BCUT2D eigenvalue weighted by Crippen LogP contribution is 2.08. The molecule has 2 rings (SSSR count). The van der Waals surface area contributed by atoms with Crippen LogP contribution in [0.15, 0.2) is 47.7 Å². The topological polar surface area (TPSA) is 47.4 Å². The highest BCUT2D eigenvalue weighted by Gasteiger charge is 1.94. The Morgan fingerprint density at radius 2 is 2.18 bits per heavy atom. The molecule has 4 heteroatoms. The van der Waals surface area contributed by atoms with E-state index in [0.29, 0.717) is 6.54 Å². The van der Waals surface area contributed by atoms with Gasteiger partial charge >= 0.3 is 0 Å². The van der Waals surface area contributed by atoms with E-state index in [-0.39, 0.29) is 0 Å². The molecule has 0 radical (unpaired) electrons. The van der Waals surface area contributed by atoms with Crippen LogP contribution in [0.1, 0.15) is 11.4 Å². The standard InChI is InChI=1S/C13H13N3O/c1-17-13-5-7-16-12(8-13)10-14-9-11-4-2-3-6-15-11/h2-8,10H,9H2,1H3. The lowest BCUT2D eigenvalue weighted by molar-refractivity contribution is 0.414. The minimum Gasteiger partial charge on any atom is -0.497 e. The maximum Gasteiger partial charge on any atom is 0.122 e. The van der Waals surface area contributed by atoms with Gasteiger partial charge in [-0.3, -0.25) is 15.0 Å². The van der Waals surface area contributed by atoms with E-state index >= 15 is 0 Å². The molecule has 0 spiro atoms. The van der Waals surface area contributed by atoms with Crippen LogP contribution in [0.4, 0.5) is 0 Å². The smallest absolute Gasteiger partial charge is 0.122 e. The Labute approximate surface area is 100 Å². The van der Waals surface area contributed by atoms with E-state index < -0.39 is 0 Å². The van der Waals surface area contributed by atoms with Crippen LogP contribution >= 0.6 is 0 Å². The van der Waals surface area contributed by atoms with E-state index in [0.717, 1.165) is 17.1 Å². The minimum atomic E-state index is 0.555. The third-order valence-electron chi connectivity index (χ3n) is 2.19. The van der Waals surface area contributed by atoms with Crippen molar-refractivity contribution in [1.82, 2.24) is 9.97 Å². The van der Waals surface area contributed by atoms with Gasteiger partial charge in [-0.15, -0.1) is 0 Å². The van der Waals surface area contributed by atoms with Gasteiger partial charge in [0.1, 0.15) is 5.75 Å². The Kier molecular flexibility index (Phi) is 3.81. The van der Waals surface area contributed by atoms with Crippen molar-refractivity contribution < 1.29 is 4.74 Å². The summed E-state index contributed by atoms with van der Waals surface area (Å²) in [6, 6.07) is 9.41. The Bertz CT molecular complexity index is 497. The Hall–Kier alpha value is -2.23. The molecular weight excluding hydrogens is 214 g/mol. The molecule has 0 aliphatic rings. The first kappa shape index (κ1) is 11.3. The predicted octanol–water partition coefficient (Wildman–Crippen LogP) is 2.10. The second-order valence-electron chi connectivity index (χ2n) is 3.41. The van der Waals surface area contributed by atoms with Gasteiger partial charge in [0.05, 0.1) is 25.0 Å². The number of pyridine rings is 2. The lowest BCUT2D eigenvalue weighted by Gasteiger charge is -1.99. The van der Waals surface area contributed by atoms with E-state index in [1.165, 1.54) is 0 Å². The number of nitrogens with zero attached hydrogens (tertiary/aromatic N) is 3. The molecule has 0 saturated carbocycles. The van der Waals surface area contributed by atoms with E-state index in [1.54, 1.807) is 31.8 Å². The molecule has 0 atom stereocenters. The zero-order valence-electron chi connectivity index (χ0n) is 9.58. The average molecular weight is 227 g/mol. The summed E-state index contributed by atoms with van der Waals surface area (Å²) in [6.45, 7) is 0.555. The number of ether oxygens (including phenoxy) is 1. The first-order valence-corrected chi connectivity index (χ1v) is 5.28. The first-order valence-electron chi connectivity index (χ1n) is 5.28. The van der Waals surface area contributed by atoms with Gasteiger partial charge in [-0.25, -0.2) is 0 Å². The van der Waals surface area contributed by atoms with Crippen LogP contribution in [0.25, 0.3) is 0 Å². The third kappa shape index (κ3) is 3.38. The van der Waals surface area contributed by atoms with Crippen molar-refractivity contribution in [3.63, 3.8) is 0 Å². The van der Waals surface area contributed by atoms with Gasteiger partial charge in [-0.1, -0.05) is 6.07 Å². The summed E-state index contributed by atoms with van der Waals surface area (Å²) in [5, 5.41) is 0. The molecule has 0 amide bonds. The molecule has 0 aromatic carbocycles. The number of hydrogen-bond donors (Lipinski definition) is 0. The molecule has 17 heavy (non-hydrogen) atoms. The lowest BCUT2D eigenvalue weighted by Crippen LogP contribution is -1.91. The van der Waals surface area contributed by atoms with Gasteiger partial charge in [0.2, 0.25) is 0 Å². The molecule has 0 saturated heterocycles. The van der Waals surface area contributed by atoms with E-state index in [9.17, 15) is 0 Å². The Morgan fingerprint density at radius 3 is 2.94 bits per heavy atom. The highest BCUT2D eigenvalue weighted by atomic mass is 16.5. The Balaban J connectivity index is 2.00. The molecule has 0 unspecified atom stereocenters. The fourth-order valence-electron chi connectivity index (χ4n) is 1.35. The van der Waals surface area contributed by atoms with Crippen LogP contribution in [-0.2, 0) is 6.54 Å². The van der Waals surface area contributed by atoms with E-state index in [2.05, 4.69) is 15.0 Å². The molecule has 2 aromatic rings. The summed E-state index contributed by atoms with van der Waals surface area (Å²) in [5.74, 6) is 0.777. The van der Waals surface area contributed by atoms with Gasteiger partial charge in [0, 0.05) is 24.7 Å². The monoisotopic (exact) mass is 227 g/mol. The number of aliphatic imine (C=N–C) groups is 1. The normalized spacial score (nSPS) is 10.6. The number of methoxy groups -OCH3 is 1. The van der Waals surface area contributed by atoms with Crippen LogP contribution in [0.5, 0.6) is 5.75 Å². The van der Waals surface area contributed by atoms with Crippen LogP contribution in [0.3, 0.4) is 0 Å². The molecule has 2 aromatic heterocycles. The van der Waals surface area contributed by atoms with Crippen LogP contribution in [0.2, 0.25) is 0 Å². The maximum atomic E-state index is 5.11. The van der Waals surface area contributed by atoms with Gasteiger partial charge in [0.15, 0.2) is 0 Å². The van der Waals surface area contributed by atoms with Crippen LogP contribution < -0.4 is 4.74 Å².